The van der Waals surface area contributed by atoms with E-state index in [0.29, 0.717) is 42.1 Å². The van der Waals surface area contributed by atoms with Crippen LogP contribution in [0.5, 0.6) is 11.5 Å². The van der Waals surface area contributed by atoms with Crippen molar-refractivity contribution in [2.75, 3.05) is 13.2 Å². The number of carbonyl (C=O) groups is 3. The maximum atomic E-state index is 12.4. The number of ether oxygens (including phenoxy) is 3. The number of benzene rings is 2. The van der Waals surface area contributed by atoms with Gasteiger partial charge in [-0.1, -0.05) is 0 Å². The predicted molar refractivity (Wildman–Crippen MR) is 107 cm³/mol. The van der Waals surface area contributed by atoms with E-state index in [4.69, 9.17) is 20.6 Å². The molecule has 2 rings (SSSR count). The Kier molecular flexibility index (Phi) is 7.99. The van der Waals surface area contributed by atoms with Crippen LogP contribution in [-0.4, -0.2) is 31.4 Å². The van der Waals surface area contributed by atoms with E-state index in [1.165, 1.54) is 0 Å². The highest BCUT2D eigenvalue weighted by molar-refractivity contribution is 5.92. The minimum absolute atomic E-state index is 0.253. The first kappa shape index (κ1) is 21.7. The molecule has 0 saturated carbocycles. The Balaban J connectivity index is 1.92. The highest BCUT2D eigenvalue weighted by atomic mass is 16.5. The zero-order valence-electron chi connectivity index (χ0n) is 16.4. The number of aryl methyl sites for hydroxylation is 2. The van der Waals surface area contributed by atoms with Gasteiger partial charge in [0.2, 0.25) is 0 Å². The van der Waals surface area contributed by atoms with E-state index in [1.54, 1.807) is 36.4 Å². The Morgan fingerprint density at radius 2 is 1.66 bits per heavy atom. The van der Waals surface area contributed by atoms with Crippen LogP contribution < -0.4 is 9.47 Å². The Labute approximate surface area is 169 Å². The molecule has 0 aromatic heterocycles. The first-order valence-corrected chi connectivity index (χ1v) is 9.09. The molecule has 0 bridgehead atoms. The molecule has 0 unspecified atom stereocenters. The standard InChI is InChI=1S/C23H22O6/c1-4-21(25)27-11-5-6-12-28-22-16(2)13-19(14-17(22)3)23(26)29-20-9-7-18(15-24)8-10-20/h1,7-10,13-15H,5-6,11-12H2,2-3H3. The molecule has 0 spiro atoms. The summed E-state index contributed by atoms with van der Waals surface area (Å²) < 4.78 is 16.0. The first-order chi connectivity index (χ1) is 13.9. The zero-order valence-corrected chi connectivity index (χ0v) is 16.4. The van der Waals surface area contributed by atoms with Crippen molar-refractivity contribution in [3.05, 3.63) is 58.7 Å². The molecule has 0 atom stereocenters. The third kappa shape index (κ3) is 6.51. The van der Waals surface area contributed by atoms with Crippen LogP contribution in [0.4, 0.5) is 0 Å². The van der Waals surface area contributed by atoms with Gasteiger partial charge in [0.25, 0.3) is 0 Å². The van der Waals surface area contributed by atoms with Crippen molar-refractivity contribution in [2.24, 2.45) is 0 Å². The quantitative estimate of drug-likeness (QED) is 0.161. The van der Waals surface area contributed by atoms with E-state index in [-0.39, 0.29) is 6.61 Å². The molecule has 0 aliphatic rings. The van der Waals surface area contributed by atoms with Gasteiger partial charge in [0, 0.05) is 11.5 Å². The molecule has 6 heteroatoms. The lowest BCUT2D eigenvalue weighted by Gasteiger charge is -2.14. The number of hydrogen-bond acceptors (Lipinski definition) is 6. The van der Waals surface area contributed by atoms with E-state index >= 15 is 0 Å². The van der Waals surface area contributed by atoms with Gasteiger partial charge in [0.15, 0.2) is 0 Å². The van der Waals surface area contributed by atoms with Crippen molar-refractivity contribution in [1.82, 2.24) is 0 Å². The summed E-state index contributed by atoms with van der Waals surface area (Å²) in [4.78, 5) is 33.9. The molecule has 150 valence electrons. The summed E-state index contributed by atoms with van der Waals surface area (Å²) in [6, 6.07) is 9.71. The zero-order chi connectivity index (χ0) is 21.2. The van der Waals surface area contributed by atoms with Gasteiger partial charge in [0.1, 0.15) is 17.8 Å². The average Bonchev–Trinajstić information content (AvgIpc) is 2.72. The normalized spacial score (nSPS) is 9.97. The molecular formula is C23H22O6. The van der Waals surface area contributed by atoms with Crippen molar-refractivity contribution in [2.45, 2.75) is 26.7 Å². The fourth-order valence-corrected chi connectivity index (χ4v) is 2.66. The summed E-state index contributed by atoms with van der Waals surface area (Å²) >= 11 is 0. The summed E-state index contributed by atoms with van der Waals surface area (Å²) in [6.07, 6.45) is 6.97. The fraction of sp³-hybridized carbons (Fsp3) is 0.261. The van der Waals surface area contributed by atoms with E-state index in [0.717, 1.165) is 17.4 Å². The van der Waals surface area contributed by atoms with E-state index < -0.39 is 11.9 Å². The monoisotopic (exact) mass is 394 g/mol. The lowest BCUT2D eigenvalue weighted by molar-refractivity contribution is -0.136. The third-order valence-corrected chi connectivity index (χ3v) is 4.06. The molecule has 2 aromatic carbocycles. The SMILES string of the molecule is C#CC(=O)OCCCCOc1c(C)cc(C(=O)Oc2ccc(C=O)cc2)cc1C. The van der Waals surface area contributed by atoms with Crippen molar-refractivity contribution in [3.8, 4) is 23.8 Å². The van der Waals surface area contributed by atoms with Crippen LogP contribution in [0.25, 0.3) is 0 Å². The van der Waals surface area contributed by atoms with Crippen molar-refractivity contribution in [1.29, 1.82) is 0 Å². The van der Waals surface area contributed by atoms with Crippen molar-refractivity contribution < 1.29 is 28.6 Å². The second-order valence-electron chi connectivity index (χ2n) is 6.35. The van der Waals surface area contributed by atoms with Gasteiger partial charge >= 0.3 is 11.9 Å². The van der Waals surface area contributed by atoms with Gasteiger partial charge in [-0.05, 0) is 74.2 Å². The molecule has 0 aliphatic heterocycles. The second kappa shape index (κ2) is 10.7. The molecule has 2 aromatic rings. The predicted octanol–water partition coefficient (Wildman–Crippen LogP) is 3.67. The van der Waals surface area contributed by atoms with Gasteiger partial charge < -0.3 is 14.2 Å². The van der Waals surface area contributed by atoms with Crippen LogP contribution in [0.2, 0.25) is 0 Å². The number of esters is 2. The largest absolute Gasteiger partial charge is 0.493 e. The van der Waals surface area contributed by atoms with Gasteiger partial charge in [-0.2, -0.15) is 0 Å². The molecule has 0 N–H and O–H groups in total. The Hall–Kier alpha value is -3.59. The van der Waals surface area contributed by atoms with Gasteiger partial charge in [-0.3, -0.25) is 4.79 Å². The van der Waals surface area contributed by atoms with Crippen LogP contribution in [-0.2, 0) is 9.53 Å². The first-order valence-electron chi connectivity index (χ1n) is 9.09. The Morgan fingerprint density at radius 3 is 2.24 bits per heavy atom. The minimum atomic E-state index is -0.667. The molecule has 0 aliphatic carbocycles. The molecule has 0 radical (unpaired) electrons. The lowest BCUT2D eigenvalue weighted by Crippen LogP contribution is -2.10. The molecular weight excluding hydrogens is 372 g/mol. The minimum Gasteiger partial charge on any atom is -0.493 e. The number of terminal acetylenes is 1. The fourth-order valence-electron chi connectivity index (χ4n) is 2.66. The van der Waals surface area contributed by atoms with Crippen LogP contribution in [0.15, 0.2) is 36.4 Å². The molecule has 0 amide bonds. The van der Waals surface area contributed by atoms with E-state index in [2.05, 4.69) is 0 Å². The highest BCUT2D eigenvalue weighted by Crippen LogP contribution is 2.26. The van der Waals surface area contributed by atoms with Crippen LogP contribution in [0, 0.1) is 26.2 Å². The van der Waals surface area contributed by atoms with E-state index in [9.17, 15) is 14.4 Å². The maximum Gasteiger partial charge on any atom is 0.384 e. The molecule has 6 nitrogen and oxygen atoms in total. The summed E-state index contributed by atoms with van der Waals surface area (Å²) in [7, 11) is 0. The maximum absolute atomic E-state index is 12.4. The van der Waals surface area contributed by atoms with Crippen LogP contribution in [0.1, 0.15) is 44.7 Å². The van der Waals surface area contributed by atoms with Gasteiger partial charge in [-0.15, -0.1) is 6.42 Å². The molecule has 0 fully saturated rings. The summed E-state index contributed by atoms with van der Waals surface area (Å²) in [6.45, 7) is 4.41. The number of unbranched alkanes of at least 4 members (excludes halogenated alkanes) is 1. The Morgan fingerprint density at radius 1 is 1.03 bits per heavy atom. The number of carbonyl (C=O) groups excluding carboxylic acids is 3. The molecule has 0 saturated heterocycles. The summed E-state index contributed by atoms with van der Waals surface area (Å²) in [5.41, 5.74) is 2.54. The van der Waals surface area contributed by atoms with Crippen molar-refractivity contribution in [3.63, 3.8) is 0 Å². The lowest BCUT2D eigenvalue weighted by atomic mass is 10.1. The Bertz CT molecular complexity index is 898. The third-order valence-electron chi connectivity index (χ3n) is 4.06. The second-order valence-corrected chi connectivity index (χ2v) is 6.35. The van der Waals surface area contributed by atoms with Gasteiger partial charge in [-0.25, -0.2) is 9.59 Å². The van der Waals surface area contributed by atoms with Gasteiger partial charge in [0.05, 0.1) is 18.8 Å². The molecule has 0 heterocycles. The topological polar surface area (TPSA) is 78.9 Å². The average molecular weight is 394 g/mol. The number of rotatable bonds is 9. The smallest absolute Gasteiger partial charge is 0.384 e. The highest BCUT2D eigenvalue weighted by Gasteiger charge is 2.14. The number of hydrogen-bond donors (Lipinski definition) is 0. The summed E-state index contributed by atoms with van der Waals surface area (Å²) in [5.74, 6) is 1.80. The summed E-state index contributed by atoms with van der Waals surface area (Å²) in [5, 5.41) is 0. The number of aldehydes is 1. The van der Waals surface area contributed by atoms with E-state index in [1.807, 2.05) is 19.8 Å². The van der Waals surface area contributed by atoms with Crippen LogP contribution >= 0.6 is 0 Å². The van der Waals surface area contributed by atoms with Crippen molar-refractivity contribution >= 4 is 18.2 Å². The molecule has 29 heavy (non-hydrogen) atoms. The van der Waals surface area contributed by atoms with Crippen LogP contribution in [0.3, 0.4) is 0 Å².